The molecular formula is C42H46F3N11O5S. The molecule has 5 aromatic rings. The maximum Gasteiger partial charge on any atom is 0.421 e. The van der Waals surface area contributed by atoms with Crippen LogP contribution in [0.15, 0.2) is 58.4 Å². The number of likely N-dealkylation sites (tertiary alicyclic amines) is 1. The lowest BCUT2D eigenvalue weighted by Gasteiger charge is -2.34. The van der Waals surface area contributed by atoms with Crippen molar-refractivity contribution in [1.29, 1.82) is 5.26 Å². The molecule has 0 aliphatic carbocycles. The van der Waals surface area contributed by atoms with Gasteiger partial charge >= 0.3 is 12.2 Å². The fraction of sp³-hybridized carbons (Fsp3) is 0.452. The average Bonchev–Trinajstić information content (AvgIpc) is 3.57. The molecule has 3 fully saturated rings. The van der Waals surface area contributed by atoms with Crippen LogP contribution in [0.1, 0.15) is 67.2 Å². The Hall–Kier alpha value is -5.91. The Balaban J connectivity index is 0.858. The molecule has 3 aromatic heterocycles. The van der Waals surface area contributed by atoms with Crippen molar-refractivity contribution in [3.05, 3.63) is 81.3 Å². The van der Waals surface area contributed by atoms with Gasteiger partial charge in [0.15, 0.2) is 5.82 Å². The van der Waals surface area contributed by atoms with Crippen molar-refractivity contribution >= 4 is 55.7 Å². The molecule has 1 atom stereocenters. The van der Waals surface area contributed by atoms with Gasteiger partial charge in [-0.1, -0.05) is 13.0 Å². The predicted octanol–water partition coefficient (Wildman–Crippen LogP) is 4.88. The minimum absolute atomic E-state index is 0.0376. The van der Waals surface area contributed by atoms with E-state index in [0.29, 0.717) is 42.1 Å². The number of hydrogen-bond donors (Lipinski definition) is 2. The number of piperidine rings is 2. The molecule has 6 heterocycles. The fourth-order valence-electron chi connectivity index (χ4n) is 8.90. The first kappa shape index (κ1) is 42.8. The summed E-state index contributed by atoms with van der Waals surface area (Å²) in [5.74, 6) is 0.837. The highest BCUT2D eigenvalue weighted by Crippen LogP contribution is 2.35. The van der Waals surface area contributed by atoms with Gasteiger partial charge in [0.2, 0.25) is 21.9 Å². The number of carbonyl (C=O) groups is 2. The van der Waals surface area contributed by atoms with E-state index in [9.17, 15) is 41.2 Å². The second-order valence-corrected chi connectivity index (χ2v) is 18.4. The molecule has 0 saturated carbocycles. The van der Waals surface area contributed by atoms with Gasteiger partial charge in [0.05, 0.1) is 22.0 Å². The molecular weight excluding hydrogens is 828 g/mol. The van der Waals surface area contributed by atoms with Crippen LogP contribution < -0.4 is 21.1 Å². The van der Waals surface area contributed by atoms with Gasteiger partial charge in [-0.05, 0) is 105 Å². The van der Waals surface area contributed by atoms with Crippen LogP contribution >= 0.6 is 0 Å². The number of fused-ring (bicyclic) bond motifs is 2. The molecule has 16 nitrogen and oxygen atoms in total. The number of rotatable bonds is 10. The summed E-state index contributed by atoms with van der Waals surface area (Å²) >= 11 is 0. The number of nitrogens with zero attached hydrogens (tertiary/aromatic N) is 9. The van der Waals surface area contributed by atoms with Crippen LogP contribution in [0.25, 0.3) is 21.9 Å². The normalized spacial score (nSPS) is 18.3. The van der Waals surface area contributed by atoms with Crippen molar-refractivity contribution in [1.82, 2.24) is 38.8 Å². The zero-order valence-corrected chi connectivity index (χ0v) is 35.3. The number of amides is 3. The number of imide groups is 1. The van der Waals surface area contributed by atoms with Crippen molar-refractivity contribution < 1.29 is 31.2 Å². The van der Waals surface area contributed by atoms with Gasteiger partial charge in [0.25, 0.3) is 5.56 Å². The highest BCUT2D eigenvalue weighted by Gasteiger charge is 2.36. The first-order chi connectivity index (χ1) is 29.5. The minimum Gasteiger partial charge on any atom is -0.351 e. The van der Waals surface area contributed by atoms with Crippen LogP contribution in [0.4, 0.5) is 29.7 Å². The maximum absolute atomic E-state index is 13.9. The molecule has 20 heteroatoms. The summed E-state index contributed by atoms with van der Waals surface area (Å²) in [6.45, 7) is 5.32. The van der Waals surface area contributed by atoms with E-state index in [2.05, 4.69) is 55.7 Å². The van der Waals surface area contributed by atoms with Crippen molar-refractivity contribution in [2.75, 3.05) is 49.5 Å². The summed E-state index contributed by atoms with van der Waals surface area (Å²) < 4.78 is 71.9. The van der Waals surface area contributed by atoms with Crippen molar-refractivity contribution in [2.45, 2.75) is 68.5 Å². The molecule has 3 aliphatic rings. The molecule has 2 N–H and O–H groups in total. The number of pyridine rings is 1. The van der Waals surface area contributed by atoms with Gasteiger partial charge in [0, 0.05) is 69.7 Å². The number of hydrogen-bond acceptors (Lipinski definition) is 11. The minimum atomic E-state index is -4.82. The summed E-state index contributed by atoms with van der Waals surface area (Å²) in [7, 11) is -0.829. The Morgan fingerprint density at radius 2 is 1.73 bits per heavy atom. The van der Waals surface area contributed by atoms with Crippen molar-refractivity contribution in [3.63, 3.8) is 0 Å². The van der Waals surface area contributed by atoms with Gasteiger partial charge in [-0.3, -0.25) is 29.1 Å². The van der Waals surface area contributed by atoms with Crippen LogP contribution in [0.5, 0.6) is 0 Å². The van der Waals surface area contributed by atoms with Gasteiger partial charge in [-0.2, -0.15) is 32.8 Å². The van der Waals surface area contributed by atoms with E-state index in [1.165, 1.54) is 34.1 Å². The summed E-state index contributed by atoms with van der Waals surface area (Å²) in [5.41, 5.74) is 0.750. The number of nitrogens with one attached hydrogen (secondary N) is 2. The van der Waals surface area contributed by atoms with E-state index >= 15 is 0 Å². The third-order valence-corrected chi connectivity index (χ3v) is 14.1. The molecule has 62 heavy (non-hydrogen) atoms. The molecule has 1 unspecified atom stereocenters. The molecule has 0 radical (unpaired) electrons. The van der Waals surface area contributed by atoms with E-state index in [-0.39, 0.29) is 65.8 Å². The number of halogens is 3. The Kier molecular flexibility index (Phi) is 11.6. The average molecular weight is 874 g/mol. The summed E-state index contributed by atoms with van der Waals surface area (Å²) in [4.78, 5) is 49.0. The van der Waals surface area contributed by atoms with Crippen LogP contribution in [-0.4, -0.2) is 99.2 Å². The number of sulfonamides is 1. The lowest BCUT2D eigenvalue weighted by atomic mass is 9.88. The Morgan fingerprint density at radius 1 is 0.984 bits per heavy atom. The highest BCUT2D eigenvalue weighted by molar-refractivity contribution is 7.89. The summed E-state index contributed by atoms with van der Waals surface area (Å²) in [6.07, 6.45) is -0.136. The molecule has 2 aromatic carbocycles. The molecule has 8 rings (SSSR count). The Labute approximate surface area is 355 Å². The number of benzene rings is 2. The van der Waals surface area contributed by atoms with E-state index in [1.54, 1.807) is 16.8 Å². The number of carbonyl (C=O) groups excluding carboxylic acids is 2. The second-order valence-electron chi connectivity index (χ2n) is 16.5. The van der Waals surface area contributed by atoms with E-state index < -0.39 is 33.4 Å². The first-order valence-corrected chi connectivity index (χ1v) is 22.0. The topological polar surface area (TPSA) is 191 Å². The Morgan fingerprint density at radius 3 is 2.42 bits per heavy atom. The highest BCUT2D eigenvalue weighted by atomic mass is 32.2. The standard InChI is InChI=1S/C42H46F3N11O5S/c1-25(24-54-13-8-26(9-14-54)27-5-7-33-35(21-27)53(3)51-38(33)56-17-12-36(57)49-41(56)59)18-29-19-32(6-4-28(29)22-46)62(60,61)55-15-10-31(11-16-55)48-40-47-23-30-20-34(42(43,44)45)39(58)52(2)37(30)50-40/h4-7,19-21,23,25-26,31H,8-18,24H2,1-3H3,(H,47,48,50)(H,49,57,59). The lowest BCUT2D eigenvalue weighted by Crippen LogP contribution is -2.49. The van der Waals surface area contributed by atoms with Crippen LogP contribution in [0, 0.1) is 17.2 Å². The van der Waals surface area contributed by atoms with Crippen LogP contribution in [0.3, 0.4) is 0 Å². The third-order valence-electron chi connectivity index (χ3n) is 12.2. The second kappa shape index (κ2) is 16.8. The number of aromatic nitrogens is 5. The number of alkyl halides is 3. The van der Waals surface area contributed by atoms with Crippen molar-refractivity contribution in [3.8, 4) is 6.07 Å². The number of nitriles is 1. The molecule has 326 valence electrons. The smallest absolute Gasteiger partial charge is 0.351 e. The fourth-order valence-corrected chi connectivity index (χ4v) is 10.4. The summed E-state index contributed by atoms with van der Waals surface area (Å²) in [5, 5.41) is 21.0. The maximum atomic E-state index is 13.9. The number of urea groups is 1. The quantitative estimate of drug-likeness (QED) is 0.195. The third kappa shape index (κ3) is 8.48. The molecule has 0 bridgehead atoms. The van der Waals surface area contributed by atoms with Gasteiger partial charge in [-0.25, -0.2) is 18.2 Å². The largest absolute Gasteiger partial charge is 0.421 e. The van der Waals surface area contributed by atoms with Gasteiger partial charge in [0.1, 0.15) is 11.2 Å². The van der Waals surface area contributed by atoms with Gasteiger partial charge < -0.3 is 10.2 Å². The zero-order valence-electron chi connectivity index (χ0n) is 34.4. The van der Waals surface area contributed by atoms with E-state index in [0.717, 1.165) is 54.0 Å². The molecule has 3 aliphatic heterocycles. The SMILES string of the molecule is CC(Cc1cc(S(=O)(=O)N2CCC(Nc3ncc4cc(C(F)(F)F)c(=O)n(C)c4n3)CC2)ccc1C#N)CN1CCC(c2ccc3c(N4CCC(=O)NC4=O)nn(C)c3c2)CC1. The summed E-state index contributed by atoms with van der Waals surface area (Å²) in [6, 6.07) is 13.2. The van der Waals surface area contributed by atoms with Crippen LogP contribution in [0.2, 0.25) is 0 Å². The lowest BCUT2D eigenvalue weighted by molar-refractivity contribution is -0.138. The van der Waals surface area contributed by atoms with E-state index in [1.807, 2.05) is 13.1 Å². The van der Waals surface area contributed by atoms with Crippen molar-refractivity contribution in [2.24, 2.45) is 20.0 Å². The first-order valence-electron chi connectivity index (χ1n) is 20.5. The van der Waals surface area contributed by atoms with E-state index in [4.69, 9.17) is 0 Å². The van der Waals surface area contributed by atoms with Gasteiger partial charge in [-0.15, -0.1) is 0 Å². The van der Waals surface area contributed by atoms with Crippen LogP contribution in [-0.2, 0) is 41.5 Å². The molecule has 0 spiro atoms. The monoisotopic (exact) mass is 873 g/mol. The number of anilines is 2. The molecule has 3 saturated heterocycles. The predicted molar refractivity (Wildman–Crippen MR) is 224 cm³/mol. The Bertz CT molecular complexity index is 2790. The number of aryl methyl sites for hydroxylation is 2. The zero-order chi connectivity index (χ0) is 44.1. The molecule has 3 amide bonds.